The van der Waals surface area contributed by atoms with Crippen LogP contribution in [0.15, 0.2) is 30.6 Å². The van der Waals surface area contributed by atoms with E-state index in [0.717, 1.165) is 16.8 Å². The highest BCUT2D eigenvalue weighted by Crippen LogP contribution is 2.33. The van der Waals surface area contributed by atoms with Gasteiger partial charge in [-0.15, -0.1) is 0 Å². The number of hydrogen-bond donors (Lipinski definition) is 1. The number of alkyl halides is 3. The number of rotatable bonds is 3. The monoisotopic (exact) mass is 321 g/mol. The Balaban J connectivity index is 2.42. The number of benzene rings is 1. The van der Waals surface area contributed by atoms with Crippen LogP contribution in [0.2, 0.25) is 5.02 Å². The van der Waals surface area contributed by atoms with Gasteiger partial charge in [0, 0.05) is 29.5 Å². The number of aromatic nitrogens is 1. The van der Waals surface area contributed by atoms with Crippen LogP contribution in [0.4, 0.5) is 17.6 Å². The summed E-state index contributed by atoms with van der Waals surface area (Å²) in [6.07, 6.45) is -3.36. The number of hydrogen-bond acceptors (Lipinski definition) is 1. The van der Waals surface area contributed by atoms with E-state index in [2.05, 4.69) is 0 Å². The van der Waals surface area contributed by atoms with Crippen molar-refractivity contribution in [2.45, 2.75) is 12.7 Å². The molecule has 2 aromatic rings. The molecule has 0 radical (unpaired) electrons. The van der Waals surface area contributed by atoms with Gasteiger partial charge in [-0.3, -0.25) is 0 Å². The zero-order chi connectivity index (χ0) is 15.8. The molecule has 1 N–H and O–H groups in total. The molecule has 21 heavy (non-hydrogen) atoms. The van der Waals surface area contributed by atoms with Crippen LogP contribution in [0.25, 0.3) is 0 Å². The van der Waals surface area contributed by atoms with Gasteiger partial charge in [0.1, 0.15) is 5.82 Å². The Morgan fingerprint density at radius 2 is 1.95 bits per heavy atom. The summed E-state index contributed by atoms with van der Waals surface area (Å²) in [7, 11) is 0. The third kappa shape index (κ3) is 3.36. The lowest BCUT2D eigenvalue weighted by Crippen LogP contribution is -2.09. The minimum atomic E-state index is -4.80. The maximum Gasteiger partial charge on any atom is 0.418 e. The van der Waals surface area contributed by atoms with Crippen molar-refractivity contribution in [3.05, 3.63) is 58.1 Å². The van der Waals surface area contributed by atoms with Gasteiger partial charge in [0.2, 0.25) is 0 Å². The number of aromatic carboxylic acids is 1. The second-order valence-electron chi connectivity index (χ2n) is 4.30. The average molecular weight is 322 g/mol. The van der Waals surface area contributed by atoms with Gasteiger partial charge in [-0.1, -0.05) is 11.6 Å². The molecular formula is C13H8ClF4NO2. The van der Waals surface area contributed by atoms with Gasteiger partial charge in [0.05, 0.1) is 11.1 Å². The molecule has 2 rings (SSSR count). The first-order chi connectivity index (χ1) is 9.68. The third-order valence-electron chi connectivity index (χ3n) is 2.78. The van der Waals surface area contributed by atoms with Crippen molar-refractivity contribution in [3.8, 4) is 0 Å². The summed E-state index contributed by atoms with van der Waals surface area (Å²) in [5, 5.41) is 9.03. The molecule has 0 amide bonds. The topological polar surface area (TPSA) is 42.2 Å². The lowest BCUT2D eigenvalue weighted by molar-refractivity contribution is -0.138. The minimum absolute atomic E-state index is 0.0585. The van der Waals surface area contributed by atoms with Crippen molar-refractivity contribution in [2.75, 3.05) is 0 Å². The molecule has 0 bridgehead atoms. The van der Waals surface area contributed by atoms with Crippen LogP contribution in [0, 0.1) is 5.82 Å². The molecular weight excluding hydrogens is 314 g/mol. The Kier molecular flexibility index (Phi) is 3.95. The Hall–Kier alpha value is -2.02. The van der Waals surface area contributed by atoms with Crippen LogP contribution in [-0.4, -0.2) is 15.6 Å². The maximum absolute atomic E-state index is 13.5. The van der Waals surface area contributed by atoms with Crippen LogP contribution in [0.5, 0.6) is 0 Å². The Morgan fingerprint density at radius 1 is 1.29 bits per heavy atom. The lowest BCUT2D eigenvalue weighted by Gasteiger charge is -2.06. The molecule has 1 heterocycles. The molecule has 0 spiro atoms. The van der Waals surface area contributed by atoms with E-state index < -0.39 is 29.1 Å². The van der Waals surface area contributed by atoms with Gasteiger partial charge in [0.25, 0.3) is 0 Å². The Morgan fingerprint density at radius 3 is 2.48 bits per heavy atom. The Bertz CT molecular complexity index is 694. The fourth-order valence-electron chi connectivity index (χ4n) is 1.86. The first-order valence-electron chi connectivity index (χ1n) is 5.62. The molecule has 1 aromatic heterocycles. The molecule has 1 aromatic carbocycles. The molecule has 0 saturated heterocycles. The van der Waals surface area contributed by atoms with Gasteiger partial charge in [-0.25, -0.2) is 9.18 Å². The van der Waals surface area contributed by atoms with Gasteiger partial charge in [-0.2, -0.15) is 13.2 Å². The van der Waals surface area contributed by atoms with E-state index in [1.807, 2.05) is 0 Å². The third-order valence-corrected chi connectivity index (χ3v) is 3.01. The van der Waals surface area contributed by atoms with Crippen LogP contribution in [0.1, 0.15) is 21.5 Å². The molecule has 0 unspecified atom stereocenters. The van der Waals surface area contributed by atoms with Crippen molar-refractivity contribution in [2.24, 2.45) is 0 Å². The summed E-state index contributed by atoms with van der Waals surface area (Å²) in [4.78, 5) is 10.8. The van der Waals surface area contributed by atoms with Crippen LogP contribution in [-0.2, 0) is 12.7 Å². The van der Waals surface area contributed by atoms with Gasteiger partial charge in [-0.05, 0) is 18.2 Å². The molecule has 3 nitrogen and oxygen atoms in total. The fraction of sp³-hybridized carbons (Fsp3) is 0.154. The standard InChI is InChI=1S/C13H8ClF4NO2/c14-8-1-2-11(15)7(3-8)4-19-5-9(12(20)21)10(6-19)13(16,17)18/h1-3,5-6H,4H2,(H,20,21). The SMILES string of the molecule is O=C(O)c1cn(Cc2cc(Cl)ccc2F)cc1C(F)(F)F. The van der Waals surface area contributed by atoms with Crippen LogP contribution in [0.3, 0.4) is 0 Å². The fourth-order valence-corrected chi connectivity index (χ4v) is 2.05. The summed E-state index contributed by atoms with van der Waals surface area (Å²) >= 11 is 5.69. The highest BCUT2D eigenvalue weighted by atomic mass is 35.5. The lowest BCUT2D eigenvalue weighted by atomic mass is 10.2. The smallest absolute Gasteiger partial charge is 0.418 e. The zero-order valence-electron chi connectivity index (χ0n) is 10.3. The van der Waals surface area contributed by atoms with Gasteiger partial charge >= 0.3 is 12.1 Å². The van der Waals surface area contributed by atoms with E-state index >= 15 is 0 Å². The number of carbonyl (C=O) groups is 1. The van der Waals surface area contributed by atoms with Gasteiger partial charge < -0.3 is 9.67 Å². The van der Waals surface area contributed by atoms with Crippen molar-refractivity contribution >= 4 is 17.6 Å². The molecule has 0 aliphatic heterocycles. The first kappa shape index (κ1) is 15.4. The van der Waals surface area contributed by atoms with Crippen molar-refractivity contribution in [3.63, 3.8) is 0 Å². The van der Waals surface area contributed by atoms with E-state index in [0.29, 0.717) is 6.20 Å². The molecule has 0 fully saturated rings. The maximum atomic E-state index is 13.5. The van der Waals surface area contributed by atoms with Crippen molar-refractivity contribution in [1.29, 1.82) is 0 Å². The normalized spacial score (nSPS) is 11.7. The molecule has 112 valence electrons. The predicted molar refractivity (Wildman–Crippen MR) is 66.9 cm³/mol. The summed E-state index contributed by atoms with van der Waals surface area (Å²) in [6, 6.07) is 3.66. The molecule has 0 aliphatic rings. The van der Waals surface area contributed by atoms with Crippen LogP contribution >= 0.6 is 11.6 Å². The number of halogens is 5. The summed E-state index contributed by atoms with van der Waals surface area (Å²) in [5.41, 5.74) is -2.11. The van der Waals surface area contributed by atoms with Gasteiger partial charge in [0.15, 0.2) is 0 Å². The van der Waals surface area contributed by atoms with E-state index in [4.69, 9.17) is 16.7 Å². The predicted octanol–water partition coefficient (Wildman–Crippen LogP) is 4.05. The molecule has 8 heteroatoms. The molecule has 0 atom stereocenters. The molecule has 0 aliphatic carbocycles. The summed E-state index contributed by atoms with van der Waals surface area (Å²) in [5.74, 6) is -2.34. The summed E-state index contributed by atoms with van der Waals surface area (Å²) < 4.78 is 52.7. The van der Waals surface area contributed by atoms with Crippen molar-refractivity contribution in [1.82, 2.24) is 4.57 Å². The summed E-state index contributed by atoms with van der Waals surface area (Å²) in [6.45, 7) is -0.261. The number of nitrogens with zero attached hydrogens (tertiary/aromatic N) is 1. The average Bonchev–Trinajstić information content (AvgIpc) is 2.78. The van der Waals surface area contributed by atoms with Crippen molar-refractivity contribution < 1.29 is 27.5 Å². The van der Waals surface area contributed by atoms with E-state index in [-0.39, 0.29) is 17.1 Å². The Labute approximate surface area is 121 Å². The highest BCUT2D eigenvalue weighted by molar-refractivity contribution is 6.30. The molecule has 0 saturated carbocycles. The quantitative estimate of drug-likeness (QED) is 0.867. The second kappa shape index (κ2) is 5.40. The van der Waals surface area contributed by atoms with E-state index in [1.165, 1.54) is 12.1 Å². The van der Waals surface area contributed by atoms with E-state index in [9.17, 15) is 22.4 Å². The highest BCUT2D eigenvalue weighted by Gasteiger charge is 2.37. The van der Waals surface area contributed by atoms with E-state index in [1.54, 1.807) is 0 Å². The zero-order valence-corrected chi connectivity index (χ0v) is 11.0. The van der Waals surface area contributed by atoms with Crippen LogP contribution < -0.4 is 0 Å². The number of carboxylic acids is 1. The largest absolute Gasteiger partial charge is 0.478 e. The minimum Gasteiger partial charge on any atom is -0.478 e. The first-order valence-corrected chi connectivity index (χ1v) is 6.00. The second-order valence-corrected chi connectivity index (χ2v) is 4.73. The number of carboxylic acid groups (broad SMARTS) is 1.